The number of ether oxygens (including phenoxy) is 2. The number of hydrogen-bond donors (Lipinski definition) is 2. The van der Waals surface area contributed by atoms with Crippen LogP contribution in [0.3, 0.4) is 0 Å². The van der Waals surface area contributed by atoms with Gasteiger partial charge in [-0.1, -0.05) is 0 Å². The molecular formula is C12H23NO3. The zero-order valence-electron chi connectivity index (χ0n) is 10.1. The number of rotatable bonds is 5. The highest BCUT2D eigenvalue weighted by Gasteiger charge is 2.38. The van der Waals surface area contributed by atoms with Crippen molar-refractivity contribution >= 4 is 0 Å². The Hall–Kier alpha value is -0.160. The van der Waals surface area contributed by atoms with Crippen molar-refractivity contribution in [1.29, 1.82) is 0 Å². The van der Waals surface area contributed by atoms with Crippen molar-refractivity contribution in [2.24, 2.45) is 0 Å². The standard InChI is InChI=1S/C12H23NO3/c1-10-12(14,5-8-15-10)9-13-6-4-11-3-2-7-16-11/h10-11,13-14H,2-9H2,1H3. The van der Waals surface area contributed by atoms with Gasteiger partial charge in [0.2, 0.25) is 0 Å². The van der Waals surface area contributed by atoms with Crippen LogP contribution in [0.25, 0.3) is 0 Å². The molecule has 0 aliphatic carbocycles. The second-order valence-corrected chi connectivity index (χ2v) is 4.97. The third-order valence-electron chi connectivity index (χ3n) is 3.76. The largest absolute Gasteiger partial charge is 0.386 e. The maximum atomic E-state index is 10.2. The minimum Gasteiger partial charge on any atom is -0.386 e. The summed E-state index contributed by atoms with van der Waals surface area (Å²) in [4.78, 5) is 0. The minimum atomic E-state index is -0.670. The van der Waals surface area contributed by atoms with E-state index < -0.39 is 5.60 Å². The molecular weight excluding hydrogens is 206 g/mol. The summed E-state index contributed by atoms with van der Waals surface area (Å²) in [5.74, 6) is 0. The summed E-state index contributed by atoms with van der Waals surface area (Å²) in [6.45, 7) is 5.07. The van der Waals surface area contributed by atoms with Crippen molar-refractivity contribution in [3.05, 3.63) is 0 Å². The lowest BCUT2D eigenvalue weighted by Gasteiger charge is -2.26. The predicted octanol–water partition coefficient (Wildman–Crippen LogP) is 0.685. The molecule has 94 valence electrons. The van der Waals surface area contributed by atoms with Gasteiger partial charge in [0.1, 0.15) is 5.60 Å². The average molecular weight is 229 g/mol. The van der Waals surface area contributed by atoms with Gasteiger partial charge in [-0.05, 0) is 32.7 Å². The Bertz CT molecular complexity index is 218. The van der Waals surface area contributed by atoms with Gasteiger partial charge in [0, 0.05) is 26.2 Å². The molecule has 2 aliphatic rings. The maximum Gasteiger partial charge on any atom is 0.105 e. The molecule has 2 rings (SSSR count). The topological polar surface area (TPSA) is 50.7 Å². The molecule has 2 aliphatic heterocycles. The highest BCUT2D eigenvalue weighted by atomic mass is 16.5. The fourth-order valence-corrected chi connectivity index (χ4v) is 2.44. The van der Waals surface area contributed by atoms with E-state index in [4.69, 9.17) is 9.47 Å². The van der Waals surface area contributed by atoms with Crippen LogP contribution in [0.4, 0.5) is 0 Å². The summed E-state index contributed by atoms with van der Waals surface area (Å²) in [5.41, 5.74) is -0.670. The van der Waals surface area contributed by atoms with E-state index in [1.54, 1.807) is 0 Å². The number of hydrogen-bond acceptors (Lipinski definition) is 4. The Balaban J connectivity index is 1.60. The monoisotopic (exact) mass is 229 g/mol. The average Bonchev–Trinajstić information content (AvgIpc) is 2.86. The first kappa shape index (κ1) is 12.3. The van der Waals surface area contributed by atoms with Crippen molar-refractivity contribution in [1.82, 2.24) is 5.32 Å². The van der Waals surface area contributed by atoms with E-state index >= 15 is 0 Å². The molecule has 16 heavy (non-hydrogen) atoms. The Morgan fingerprint density at radius 3 is 2.88 bits per heavy atom. The molecule has 2 N–H and O–H groups in total. The lowest BCUT2D eigenvalue weighted by molar-refractivity contribution is -0.0264. The molecule has 0 amide bonds. The Morgan fingerprint density at radius 2 is 2.25 bits per heavy atom. The summed E-state index contributed by atoms with van der Waals surface area (Å²) in [6.07, 6.45) is 4.54. The predicted molar refractivity (Wildman–Crippen MR) is 61.4 cm³/mol. The molecule has 2 heterocycles. The molecule has 0 aromatic heterocycles. The third-order valence-corrected chi connectivity index (χ3v) is 3.76. The Kier molecular flexibility index (Phi) is 4.19. The second-order valence-electron chi connectivity index (χ2n) is 4.97. The summed E-state index contributed by atoms with van der Waals surface area (Å²) >= 11 is 0. The molecule has 4 nitrogen and oxygen atoms in total. The van der Waals surface area contributed by atoms with E-state index in [0.717, 1.165) is 26.0 Å². The van der Waals surface area contributed by atoms with Crippen LogP contribution in [-0.2, 0) is 9.47 Å². The first-order valence-corrected chi connectivity index (χ1v) is 6.37. The summed E-state index contributed by atoms with van der Waals surface area (Å²) in [5, 5.41) is 13.5. The SMILES string of the molecule is CC1OCCC1(O)CNCCC1CCCO1. The van der Waals surface area contributed by atoms with E-state index in [0.29, 0.717) is 19.3 Å². The van der Waals surface area contributed by atoms with E-state index in [2.05, 4.69) is 5.32 Å². The zero-order chi connectivity index (χ0) is 11.4. The van der Waals surface area contributed by atoms with Crippen LogP contribution >= 0.6 is 0 Å². The lowest BCUT2D eigenvalue weighted by Crippen LogP contribution is -2.46. The van der Waals surface area contributed by atoms with Crippen molar-refractivity contribution in [2.45, 2.75) is 50.4 Å². The normalized spacial score (nSPS) is 39.4. The van der Waals surface area contributed by atoms with Gasteiger partial charge in [0.15, 0.2) is 0 Å². The van der Waals surface area contributed by atoms with Crippen LogP contribution in [0.2, 0.25) is 0 Å². The molecule has 0 spiro atoms. The van der Waals surface area contributed by atoms with Crippen LogP contribution in [0, 0.1) is 0 Å². The molecule has 4 heteroatoms. The highest BCUT2D eigenvalue weighted by Crippen LogP contribution is 2.24. The summed E-state index contributed by atoms with van der Waals surface area (Å²) in [7, 11) is 0. The summed E-state index contributed by atoms with van der Waals surface area (Å²) < 4.78 is 10.9. The molecule has 2 saturated heterocycles. The minimum absolute atomic E-state index is 0.0530. The van der Waals surface area contributed by atoms with Gasteiger partial charge in [-0.15, -0.1) is 0 Å². The van der Waals surface area contributed by atoms with Gasteiger partial charge in [0.05, 0.1) is 12.2 Å². The fraction of sp³-hybridized carbons (Fsp3) is 1.00. The van der Waals surface area contributed by atoms with E-state index in [9.17, 15) is 5.11 Å². The quantitative estimate of drug-likeness (QED) is 0.681. The van der Waals surface area contributed by atoms with Gasteiger partial charge in [-0.25, -0.2) is 0 Å². The van der Waals surface area contributed by atoms with Crippen LogP contribution in [0.5, 0.6) is 0 Å². The van der Waals surface area contributed by atoms with Crippen LogP contribution in [0.15, 0.2) is 0 Å². The second kappa shape index (κ2) is 5.45. The number of nitrogens with one attached hydrogen (secondary N) is 1. The summed E-state index contributed by atoms with van der Waals surface area (Å²) in [6, 6.07) is 0. The first-order chi connectivity index (χ1) is 7.71. The van der Waals surface area contributed by atoms with E-state index in [1.807, 2.05) is 6.92 Å². The third kappa shape index (κ3) is 2.94. The van der Waals surface area contributed by atoms with E-state index in [-0.39, 0.29) is 6.10 Å². The van der Waals surface area contributed by atoms with Gasteiger partial charge >= 0.3 is 0 Å². The molecule has 3 unspecified atom stereocenters. The van der Waals surface area contributed by atoms with Crippen molar-refractivity contribution in [3.63, 3.8) is 0 Å². The molecule has 0 aromatic rings. The Labute approximate surface area is 97.3 Å². The fourth-order valence-electron chi connectivity index (χ4n) is 2.44. The van der Waals surface area contributed by atoms with Gasteiger partial charge < -0.3 is 19.9 Å². The van der Waals surface area contributed by atoms with Gasteiger partial charge in [-0.3, -0.25) is 0 Å². The number of aliphatic hydroxyl groups is 1. The van der Waals surface area contributed by atoms with Crippen molar-refractivity contribution in [3.8, 4) is 0 Å². The molecule has 0 saturated carbocycles. The molecule has 0 bridgehead atoms. The highest BCUT2D eigenvalue weighted by molar-refractivity contribution is 4.91. The maximum absolute atomic E-state index is 10.2. The van der Waals surface area contributed by atoms with Gasteiger partial charge in [-0.2, -0.15) is 0 Å². The molecule has 0 aromatic carbocycles. The Morgan fingerprint density at radius 1 is 1.38 bits per heavy atom. The smallest absolute Gasteiger partial charge is 0.105 e. The van der Waals surface area contributed by atoms with Gasteiger partial charge in [0.25, 0.3) is 0 Å². The zero-order valence-corrected chi connectivity index (χ0v) is 10.1. The van der Waals surface area contributed by atoms with Crippen molar-refractivity contribution < 1.29 is 14.6 Å². The molecule has 2 fully saturated rings. The van der Waals surface area contributed by atoms with Crippen LogP contribution in [0.1, 0.15) is 32.6 Å². The first-order valence-electron chi connectivity index (χ1n) is 6.37. The van der Waals surface area contributed by atoms with Crippen LogP contribution < -0.4 is 5.32 Å². The van der Waals surface area contributed by atoms with E-state index in [1.165, 1.54) is 12.8 Å². The van der Waals surface area contributed by atoms with Crippen molar-refractivity contribution in [2.75, 3.05) is 26.3 Å². The lowest BCUT2D eigenvalue weighted by atomic mass is 9.97. The molecule has 3 atom stereocenters. The molecule has 0 radical (unpaired) electrons. The van der Waals surface area contributed by atoms with Crippen LogP contribution in [-0.4, -0.2) is 49.2 Å².